The maximum Gasteiger partial charge on any atom is 0.265 e. The van der Waals surface area contributed by atoms with Gasteiger partial charge in [0.1, 0.15) is 6.07 Å². The Morgan fingerprint density at radius 1 is 1.47 bits per heavy atom. The molecule has 1 aromatic carbocycles. The van der Waals surface area contributed by atoms with Gasteiger partial charge >= 0.3 is 0 Å². The lowest BCUT2D eigenvalue weighted by Gasteiger charge is -2.10. The van der Waals surface area contributed by atoms with Crippen LogP contribution in [0.3, 0.4) is 0 Å². The summed E-state index contributed by atoms with van der Waals surface area (Å²) in [7, 11) is 0.999. The van der Waals surface area contributed by atoms with Crippen LogP contribution < -0.4 is 5.73 Å². The summed E-state index contributed by atoms with van der Waals surface area (Å²) < 4.78 is 47.5. The molecule has 0 aliphatic rings. The van der Waals surface area contributed by atoms with E-state index in [0.717, 1.165) is 12.1 Å². The van der Waals surface area contributed by atoms with Crippen LogP contribution >= 0.6 is 10.7 Å². The van der Waals surface area contributed by atoms with Crippen molar-refractivity contribution in [2.75, 3.05) is 0 Å². The molecular weight excluding hydrogens is 274 g/mol. The van der Waals surface area contributed by atoms with E-state index in [1.807, 2.05) is 0 Å². The number of alkyl halides is 2. The van der Waals surface area contributed by atoms with E-state index in [1.54, 1.807) is 0 Å². The Morgan fingerprint density at radius 3 is 2.41 bits per heavy atom. The molecule has 8 heteroatoms. The molecule has 1 aromatic rings. The zero-order valence-corrected chi connectivity index (χ0v) is 9.89. The molecule has 1 rings (SSSR count). The molecule has 0 bridgehead atoms. The van der Waals surface area contributed by atoms with E-state index in [2.05, 4.69) is 0 Å². The van der Waals surface area contributed by atoms with E-state index in [9.17, 15) is 17.2 Å². The summed E-state index contributed by atoms with van der Waals surface area (Å²) in [5, 5.41) is 8.79. The smallest absolute Gasteiger partial charge is 0.265 e. The van der Waals surface area contributed by atoms with Crippen LogP contribution in [-0.4, -0.2) is 8.42 Å². The number of halogens is 3. The molecule has 92 valence electrons. The predicted octanol–water partition coefficient (Wildman–Crippen LogP) is 1.88. The summed E-state index contributed by atoms with van der Waals surface area (Å²) in [5.41, 5.74) is 4.08. The zero-order chi connectivity index (χ0) is 13.2. The largest absolute Gasteiger partial charge is 0.326 e. The number of nitriles is 1. The van der Waals surface area contributed by atoms with Gasteiger partial charge in [0.2, 0.25) is 0 Å². The average molecular weight is 281 g/mol. The first kappa shape index (κ1) is 13.8. The maximum absolute atomic E-state index is 12.6. The molecule has 0 saturated carbocycles. The first-order chi connectivity index (χ1) is 7.82. The third-order valence-corrected chi connectivity index (χ3v) is 3.52. The normalized spacial score (nSPS) is 11.5. The van der Waals surface area contributed by atoms with Gasteiger partial charge in [-0.1, -0.05) is 6.07 Å². The van der Waals surface area contributed by atoms with Crippen molar-refractivity contribution in [3.63, 3.8) is 0 Å². The monoisotopic (exact) mass is 280 g/mol. The van der Waals surface area contributed by atoms with Crippen molar-refractivity contribution in [1.29, 1.82) is 5.26 Å². The van der Waals surface area contributed by atoms with Crippen LogP contribution in [0.1, 0.15) is 23.1 Å². The Kier molecular flexibility index (Phi) is 4.03. The molecular formula is C9H7ClF2N2O2S. The van der Waals surface area contributed by atoms with E-state index in [1.165, 1.54) is 6.07 Å². The summed E-state index contributed by atoms with van der Waals surface area (Å²) in [6.07, 6.45) is -2.89. The Labute approximate surface area is 101 Å². The van der Waals surface area contributed by atoms with Gasteiger partial charge < -0.3 is 5.73 Å². The van der Waals surface area contributed by atoms with Crippen molar-refractivity contribution < 1.29 is 17.2 Å². The Balaban J connectivity index is 3.68. The second-order valence-corrected chi connectivity index (χ2v) is 5.60. The van der Waals surface area contributed by atoms with Gasteiger partial charge in [0.15, 0.2) is 0 Å². The van der Waals surface area contributed by atoms with Gasteiger partial charge in [-0.25, -0.2) is 17.2 Å². The number of benzene rings is 1. The quantitative estimate of drug-likeness (QED) is 0.857. The standard InChI is InChI=1S/C9H7ClF2N2O2S/c10-17(15,16)8-2-1-5(9(11)12)6(3-13)7(8)4-14/h1-2,9H,4,14H2. The molecule has 0 unspecified atom stereocenters. The second kappa shape index (κ2) is 4.96. The summed E-state index contributed by atoms with van der Waals surface area (Å²) in [5.74, 6) is 0. The van der Waals surface area contributed by atoms with E-state index < -0.39 is 31.5 Å². The number of rotatable bonds is 3. The minimum atomic E-state index is -4.12. The van der Waals surface area contributed by atoms with Crippen LogP contribution in [0.5, 0.6) is 0 Å². The Bertz CT molecular complexity index is 581. The average Bonchev–Trinajstić information content (AvgIpc) is 2.25. The highest BCUT2D eigenvalue weighted by atomic mass is 35.7. The molecule has 0 atom stereocenters. The van der Waals surface area contributed by atoms with E-state index in [-0.39, 0.29) is 12.1 Å². The van der Waals surface area contributed by atoms with Crippen LogP contribution in [0.25, 0.3) is 0 Å². The molecule has 0 radical (unpaired) electrons. The Morgan fingerprint density at radius 2 is 2.06 bits per heavy atom. The first-order valence-electron chi connectivity index (χ1n) is 4.31. The van der Waals surface area contributed by atoms with Crippen LogP contribution in [0.4, 0.5) is 8.78 Å². The van der Waals surface area contributed by atoms with Gasteiger partial charge in [-0.2, -0.15) is 5.26 Å². The minimum absolute atomic E-state index is 0.194. The van der Waals surface area contributed by atoms with Gasteiger partial charge in [-0.3, -0.25) is 0 Å². The van der Waals surface area contributed by atoms with E-state index in [4.69, 9.17) is 21.7 Å². The van der Waals surface area contributed by atoms with E-state index in [0.29, 0.717) is 0 Å². The molecule has 0 aliphatic heterocycles. The van der Waals surface area contributed by atoms with Gasteiger partial charge in [0.05, 0.1) is 10.5 Å². The van der Waals surface area contributed by atoms with E-state index >= 15 is 0 Å². The molecule has 0 fully saturated rings. The summed E-state index contributed by atoms with van der Waals surface area (Å²) >= 11 is 0. The fourth-order valence-electron chi connectivity index (χ4n) is 1.39. The summed E-state index contributed by atoms with van der Waals surface area (Å²) in [6, 6.07) is 3.31. The van der Waals surface area contributed by atoms with Crippen LogP contribution in [0.15, 0.2) is 17.0 Å². The van der Waals surface area contributed by atoms with Crippen LogP contribution in [-0.2, 0) is 15.6 Å². The first-order valence-corrected chi connectivity index (χ1v) is 6.62. The predicted molar refractivity (Wildman–Crippen MR) is 57.0 cm³/mol. The Hall–Kier alpha value is -1.23. The number of nitrogens with zero attached hydrogens (tertiary/aromatic N) is 1. The van der Waals surface area contributed by atoms with Gasteiger partial charge in [0.25, 0.3) is 15.5 Å². The minimum Gasteiger partial charge on any atom is -0.326 e. The molecule has 17 heavy (non-hydrogen) atoms. The highest BCUT2D eigenvalue weighted by molar-refractivity contribution is 8.13. The lowest BCUT2D eigenvalue weighted by atomic mass is 10.0. The van der Waals surface area contributed by atoms with Gasteiger partial charge in [-0.05, 0) is 6.07 Å². The molecule has 0 aliphatic carbocycles. The zero-order valence-electron chi connectivity index (χ0n) is 8.32. The van der Waals surface area contributed by atoms with Crippen molar-refractivity contribution in [2.45, 2.75) is 17.9 Å². The molecule has 0 aromatic heterocycles. The molecule has 4 nitrogen and oxygen atoms in total. The number of nitrogens with two attached hydrogens (primary N) is 1. The van der Waals surface area contributed by atoms with Gasteiger partial charge in [0, 0.05) is 28.4 Å². The topological polar surface area (TPSA) is 84.0 Å². The lowest BCUT2D eigenvalue weighted by Crippen LogP contribution is -2.09. The number of hydrogen-bond donors (Lipinski definition) is 1. The van der Waals surface area contributed by atoms with Crippen molar-refractivity contribution in [3.8, 4) is 6.07 Å². The van der Waals surface area contributed by atoms with Crippen LogP contribution in [0, 0.1) is 11.3 Å². The molecule has 0 heterocycles. The van der Waals surface area contributed by atoms with Crippen molar-refractivity contribution >= 4 is 19.7 Å². The van der Waals surface area contributed by atoms with Crippen molar-refractivity contribution in [2.24, 2.45) is 5.73 Å². The fourth-order valence-corrected chi connectivity index (χ4v) is 2.54. The molecule has 2 N–H and O–H groups in total. The van der Waals surface area contributed by atoms with Crippen molar-refractivity contribution in [1.82, 2.24) is 0 Å². The SMILES string of the molecule is N#Cc1c(C(F)F)ccc(S(=O)(=O)Cl)c1CN. The third kappa shape index (κ3) is 2.72. The summed E-state index contributed by atoms with van der Waals surface area (Å²) in [6.45, 7) is -0.370. The van der Waals surface area contributed by atoms with Crippen molar-refractivity contribution in [3.05, 3.63) is 28.8 Å². The summed E-state index contributed by atoms with van der Waals surface area (Å²) in [4.78, 5) is -0.414. The van der Waals surface area contributed by atoms with Gasteiger partial charge in [-0.15, -0.1) is 0 Å². The van der Waals surface area contributed by atoms with Crippen LogP contribution in [0.2, 0.25) is 0 Å². The highest BCUT2D eigenvalue weighted by Gasteiger charge is 2.23. The molecule has 0 saturated heterocycles. The third-order valence-electron chi connectivity index (χ3n) is 2.12. The highest BCUT2D eigenvalue weighted by Crippen LogP contribution is 2.30. The molecule has 0 spiro atoms. The lowest BCUT2D eigenvalue weighted by molar-refractivity contribution is 0.151. The fraction of sp³-hybridized carbons (Fsp3) is 0.222. The second-order valence-electron chi connectivity index (χ2n) is 3.06. The maximum atomic E-state index is 12.6. The molecule has 0 amide bonds. The number of hydrogen-bond acceptors (Lipinski definition) is 4.